The maximum atomic E-state index is 11.5. The first-order valence-corrected chi connectivity index (χ1v) is 12.0. The minimum absolute atomic E-state index is 0.0782. The van der Waals surface area contributed by atoms with E-state index in [1.807, 2.05) is 24.3 Å². The molecule has 1 aliphatic rings. The second-order valence-corrected chi connectivity index (χ2v) is 9.11. The molecule has 2 N–H and O–H groups in total. The maximum Gasteiger partial charge on any atom is 0.303 e. The Labute approximate surface area is 199 Å². The summed E-state index contributed by atoms with van der Waals surface area (Å²) in [5.41, 5.74) is 1.65. The van der Waals surface area contributed by atoms with E-state index in [0.29, 0.717) is 6.42 Å². The van der Waals surface area contributed by atoms with Crippen LogP contribution in [-0.4, -0.2) is 57.8 Å². The molecule has 0 saturated carbocycles. The van der Waals surface area contributed by atoms with E-state index in [4.69, 9.17) is 9.15 Å². The van der Waals surface area contributed by atoms with E-state index >= 15 is 0 Å². The van der Waals surface area contributed by atoms with Crippen molar-refractivity contribution in [2.24, 2.45) is 11.8 Å². The number of carbonyl (C=O) groups is 1. The number of aliphatic hydroxyl groups excluding tert-OH is 1. The predicted molar refractivity (Wildman–Crippen MR) is 128 cm³/mol. The highest BCUT2D eigenvalue weighted by Gasteiger charge is 2.31. The molecule has 1 saturated heterocycles. The number of aliphatic carboxylic acids is 1. The number of fused-ring (bicyclic) bond motifs is 1. The Hall–Kier alpha value is -2.97. The summed E-state index contributed by atoms with van der Waals surface area (Å²) >= 11 is 0. The van der Waals surface area contributed by atoms with Crippen LogP contribution >= 0.6 is 0 Å². The average Bonchev–Trinajstić information content (AvgIpc) is 3.36. The molecule has 8 nitrogen and oxygen atoms in total. The number of nitrogens with zero attached hydrogens (tertiary/aromatic N) is 3. The minimum Gasteiger partial charge on any atom is -0.497 e. The van der Waals surface area contributed by atoms with Crippen LogP contribution in [0, 0.1) is 11.8 Å². The first-order chi connectivity index (χ1) is 16.5. The van der Waals surface area contributed by atoms with Crippen LogP contribution in [0.15, 0.2) is 47.3 Å². The molecule has 0 amide bonds. The molecule has 0 spiro atoms. The first-order valence-electron chi connectivity index (χ1n) is 12.0. The van der Waals surface area contributed by atoms with Crippen LogP contribution in [0.5, 0.6) is 5.75 Å². The van der Waals surface area contributed by atoms with Gasteiger partial charge in [-0.1, -0.05) is 0 Å². The van der Waals surface area contributed by atoms with Gasteiger partial charge in [0.25, 0.3) is 0 Å². The summed E-state index contributed by atoms with van der Waals surface area (Å²) in [6.45, 7) is 2.62. The van der Waals surface area contributed by atoms with Crippen LogP contribution < -0.4 is 4.74 Å². The molecule has 4 rings (SSSR count). The van der Waals surface area contributed by atoms with Crippen LogP contribution in [0.4, 0.5) is 0 Å². The molecule has 0 bridgehead atoms. The summed E-state index contributed by atoms with van der Waals surface area (Å²) < 4.78 is 10.6. The van der Waals surface area contributed by atoms with Crippen molar-refractivity contribution in [3.63, 3.8) is 0 Å². The molecule has 0 aliphatic carbocycles. The molecule has 3 heterocycles. The normalized spacial score (nSPS) is 19.8. The minimum atomic E-state index is -0.760. The summed E-state index contributed by atoms with van der Waals surface area (Å²) in [6.07, 6.45) is 8.51. The van der Waals surface area contributed by atoms with E-state index < -0.39 is 12.1 Å². The van der Waals surface area contributed by atoms with Crippen molar-refractivity contribution in [2.75, 3.05) is 26.7 Å². The highest BCUT2D eigenvalue weighted by molar-refractivity contribution is 5.83. The number of likely N-dealkylation sites (tertiary alicyclic amines) is 1. The molecule has 3 aromatic rings. The lowest BCUT2D eigenvalue weighted by atomic mass is 9.79. The van der Waals surface area contributed by atoms with Gasteiger partial charge in [0, 0.05) is 31.0 Å². The number of carboxylic acids is 1. The zero-order chi connectivity index (χ0) is 23.9. The SMILES string of the molecule is COc1ccc2nccc([C@@H](O)CC[C@@H]3CCN(CCCc4ncco4)C[C@@H]3CC(=O)O)c2c1. The van der Waals surface area contributed by atoms with E-state index in [9.17, 15) is 15.0 Å². The Morgan fingerprint density at radius 2 is 2.15 bits per heavy atom. The van der Waals surface area contributed by atoms with Gasteiger partial charge in [-0.15, -0.1) is 0 Å². The van der Waals surface area contributed by atoms with E-state index in [-0.39, 0.29) is 18.3 Å². The summed E-state index contributed by atoms with van der Waals surface area (Å²) in [7, 11) is 1.62. The standard InChI is InChI=1S/C26H33N3O5/c1-33-20-5-6-23-22(16-20)21(8-10-27-23)24(30)7-4-18-9-13-29(17-19(18)15-26(31)32)12-2-3-25-28-11-14-34-25/h5-6,8,10-11,14,16,18-19,24,30H,2-4,7,9,12-13,15,17H2,1H3,(H,31,32)/t18-,19+,24+/m1/s1. The van der Waals surface area contributed by atoms with Crippen molar-refractivity contribution in [3.8, 4) is 5.75 Å². The lowest BCUT2D eigenvalue weighted by Gasteiger charge is -2.38. The fraction of sp³-hybridized carbons (Fsp3) is 0.500. The van der Waals surface area contributed by atoms with Crippen molar-refractivity contribution in [1.29, 1.82) is 0 Å². The lowest BCUT2D eigenvalue weighted by Crippen LogP contribution is -2.42. The topological polar surface area (TPSA) is 109 Å². The second kappa shape index (κ2) is 11.4. The van der Waals surface area contributed by atoms with E-state index in [1.165, 1.54) is 0 Å². The van der Waals surface area contributed by atoms with Crippen molar-refractivity contribution in [2.45, 2.75) is 44.6 Å². The number of carboxylic acid groups (broad SMARTS) is 1. The smallest absolute Gasteiger partial charge is 0.303 e. The average molecular weight is 468 g/mol. The lowest BCUT2D eigenvalue weighted by molar-refractivity contribution is -0.139. The molecule has 3 atom stereocenters. The van der Waals surface area contributed by atoms with Crippen molar-refractivity contribution in [1.82, 2.24) is 14.9 Å². The number of ether oxygens (including phenoxy) is 1. The van der Waals surface area contributed by atoms with E-state index in [2.05, 4.69) is 14.9 Å². The fourth-order valence-corrected chi connectivity index (χ4v) is 5.12. The number of methoxy groups -OCH3 is 1. The van der Waals surface area contributed by atoms with Crippen LogP contribution in [0.3, 0.4) is 0 Å². The molecule has 0 unspecified atom stereocenters. The highest BCUT2D eigenvalue weighted by atomic mass is 16.5. The first kappa shape index (κ1) is 24.2. The van der Waals surface area contributed by atoms with E-state index in [0.717, 1.165) is 73.4 Å². The van der Waals surface area contributed by atoms with E-state index in [1.54, 1.807) is 25.8 Å². The zero-order valence-corrected chi connectivity index (χ0v) is 19.6. The Bertz CT molecular complexity index is 1070. The number of piperidine rings is 1. The number of pyridine rings is 1. The molecule has 34 heavy (non-hydrogen) atoms. The molecular weight excluding hydrogens is 434 g/mol. The van der Waals surface area contributed by atoms with Crippen LogP contribution in [0.2, 0.25) is 0 Å². The van der Waals surface area contributed by atoms with Gasteiger partial charge >= 0.3 is 5.97 Å². The number of aryl methyl sites for hydroxylation is 1. The van der Waals surface area contributed by atoms with Gasteiger partial charge in [-0.05, 0) is 80.4 Å². The summed E-state index contributed by atoms with van der Waals surface area (Å²) in [5.74, 6) is 1.06. The van der Waals surface area contributed by atoms with Crippen molar-refractivity contribution in [3.05, 3.63) is 54.4 Å². The number of benzene rings is 1. The monoisotopic (exact) mass is 467 g/mol. The van der Waals surface area contributed by atoms with Gasteiger partial charge in [-0.25, -0.2) is 4.98 Å². The van der Waals surface area contributed by atoms with Gasteiger partial charge in [0.05, 0.1) is 24.9 Å². The second-order valence-electron chi connectivity index (χ2n) is 9.11. The molecule has 1 aromatic carbocycles. The summed E-state index contributed by atoms with van der Waals surface area (Å²) in [4.78, 5) is 22.5. The number of aromatic nitrogens is 2. The fourth-order valence-electron chi connectivity index (χ4n) is 5.12. The summed E-state index contributed by atoms with van der Waals surface area (Å²) in [5, 5.41) is 21.4. The third-order valence-corrected chi connectivity index (χ3v) is 6.91. The van der Waals surface area contributed by atoms with Gasteiger partial charge < -0.3 is 24.3 Å². The third kappa shape index (κ3) is 6.12. The van der Waals surface area contributed by atoms with Gasteiger partial charge in [0.15, 0.2) is 5.89 Å². The van der Waals surface area contributed by atoms with Crippen molar-refractivity contribution < 1.29 is 24.2 Å². The Morgan fingerprint density at radius 3 is 2.91 bits per heavy atom. The maximum absolute atomic E-state index is 11.5. The number of oxazole rings is 1. The van der Waals surface area contributed by atoms with Gasteiger partial charge in [-0.3, -0.25) is 9.78 Å². The molecule has 182 valence electrons. The largest absolute Gasteiger partial charge is 0.497 e. The Morgan fingerprint density at radius 1 is 1.26 bits per heavy atom. The van der Waals surface area contributed by atoms with Crippen molar-refractivity contribution >= 4 is 16.9 Å². The number of aliphatic hydroxyl groups is 1. The Kier molecular flexibility index (Phi) is 8.13. The van der Waals surface area contributed by atoms with Gasteiger partial charge in [0.2, 0.25) is 0 Å². The summed E-state index contributed by atoms with van der Waals surface area (Å²) in [6, 6.07) is 7.52. The Balaban J connectivity index is 1.35. The molecule has 8 heteroatoms. The molecule has 1 aliphatic heterocycles. The van der Waals surface area contributed by atoms with Crippen LogP contribution in [0.25, 0.3) is 10.9 Å². The van der Waals surface area contributed by atoms with Crippen LogP contribution in [-0.2, 0) is 11.2 Å². The predicted octanol–water partition coefficient (Wildman–Crippen LogP) is 4.09. The molecule has 1 fully saturated rings. The van der Waals surface area contributed by atoms with Crippen LogP contribution in [0.1, 0.15) is 49.7 Å². The molecule has 2 aromatic heterocycles. The van der Waals surface area contributed by atoms with Gasteiger partial charge in [0.1, 0.15) is 12.0 Å². The van der Waals surface area contributed by atoms with Gasteiger partial charge in [-0.2, -0.15) is 0 Å². The number of hydrogen-bond donors (Lipinski definition) is 2. The molecular formula is C26H33N3O5. The third-order valence-electron chi connectivity index (χ3n) is 6.91. The quantitative estimate of drug-likeness (QED) is 0.434. The highest BCUT2D eigenvalue weighted by Crippen LogP contribution is 2.34. The molecule has 0 radical (unpaired) electrons. The number of hydrogen-bond acceptors (Lipinski definition) is 7. The zero-order valence-electron chi connectivity index (χ0n) is 19.6. The number of rotatable bonds is 11.